The summed E-state index contributed by atoms with van der Waals surface area (Å²) in [5, 5.41) is 1.86. The number of nitrogens with zero attached hydrogens (tertiary/aromatic N) is 1. The number of benzene rings is 3. The second-order valence-corrected chi connectivity index (χ2v) is 8.20. The lowest BCUT2D eigenvalue weighted by atomic mass is 10.0. The molecule has 1 aliphatic rings. The van der Waals surface area contributed by atoms with Gasteiger partial charge in [-0.1, -0.05) is 58.4 Å². The predicted molar refractivity (Wildman–Crippen MR) is 116 cm³/mol. The molecule has 140 valence electrons. The lowest BCUT2D eigenvalue weighted by Gasteiger charge is -2.14. The molecule has 2 amide bonds. The molecule has 28 heavy (non-hydrogen) atoms. The number of ether oxygens (including phenoxy) is 1. The highest BCUT2D eigenvalue weighted by Crippen LogP contribution is 2.36. The third-order valence-electron chi connectivity index (χ3n) is 4.56. The van der Waals surface area contributed by atoms with Crippen molar-refractivity contribution in [2.45, 2.75) is 6.54 Å². The Labute approximate surface area is 175 Å². The zero-order valence-electron chi connectivity index (χ0n) is 15.0. The van der Waals surface area contributed by atoms with Crippen molar-refractivity contribution in [1.29, 1.82) is 0 Å². The second kappa shape index (κ2) is 7.81. The van der Waals surface area contributed by atoms with Crippen LogP contribution in [0.3, 0.4) is 0 Å². The lowest BCUT2D eigenvalue weighted by molar-refractivity contribution is -0.123. The molecule has 4 nitrogen and oxygen atoms in total. The van der Waals surface area contributed by atoms with Crippen LogP contribution in [0.15, 0.2) is 70.0 Å². The monoisotopic (exact) mass is 453 g/mol. The number of halogens is 1. The summed E-state index contributed by atoms with van der Waals surface area (Å²) < 4.78 is 6.23. The van der Waals surface area contributed by atoms with Gasteiger partial charge in [-0.2, -0.15) is 0 Å². The number of carbonyl (C=O) groups excluding carboxylic acids is 2. The third kappa shape index (κ3) is 3.57. The second-order valence-electron chi connectivity index (χ2n) is 6.29. The zero-order valence-corrected chi connectivity index (χ0v) is 17.4. The van der Waals surface area contributed by atoms with Crippen molar-refractivity contribution in [3.8, 4) is 5.75 Å². The Morgan fingerprint density at radius 3 is 2.68 bits per heavy atom. The summed E-state index contributed by atoms with van der Waals surface area (Å²) in [5.41, 5.74) is 1.69. The molecule has 1 aliphatic heterocycles. The van der Waals surface area contributed by atoms with E-state index in [1.54, 1.807) is 13.2 Å². The maximum absolute atomic E-state index is 12.9. The molecule has 0 unspecified atom stereocenters. The van der Waals surface area contributed by atoms with Crippen LogP contribution in [-0.2, 0) is 11.3 Å². The first-order valence-electron chi connectivity index (χ1n) is 8.62. The van der Waals surface area contributed by atoms with E-state index in [-0.39, 0.29) is 17.7 Å². The number of thioether (sulfide) groups is 1. The molecule has 6 heteroatoms. The number of carbonyl (C=O) groups is 2. The third-order valence-corrected chi connectivity index (χ3v) is 5.96. The van der Waals surface area contributed by atoms with Crippen molar-refractivity contribution in [2.75, 3.05) is 7.11 Å². The molecular weight excluding hydrogens is 438 g/mol. The first-order valence-corrected chi connectivity index (χ1v) is 10.2. The van der Waals surface area contributed by atoms with Gasteiger partial charge in [-0.3, -0.25) is 14.5 Å². The van der Waals surface area contributed by atoms with Gasteiger partial charge in [0, 0.05) is 10.0 Å². The van der Waals surface area contributed by atoms with Crippen LogP contribution in [0.4, 0.5) is 4.79 Å². The van der Waals surface area contributed by atoms with Gasteiger partial charge in [0.15, 0.2) is 0 Å². The first kappa shape index (κ1) is 18.8. The van der Waals surface area contributed by atoms with E-state index in [1.165, 1.54) is 4.90 Å². The normalized spacial score (nSPS) is 15.6. The highest BCUT2D eigenvalue weighted by atomic mass is 79.9. The quantitative estimate of drug-likeness (QED) is 0.465. The van der Waals surface area contributed by atoms with Gasteiger partial charge in [-0.15, -0.1) is 0 Å². The largest absolute Gasteiger partial charge is 0.496 e. The Balaban J connectivity index is 1.65. The summed E-state index contributed by atoms with van der Waals surface area (Å²) in [6.07, 6.45) is 1.71. The van der Waals surface area contributed by atoms with E-state index in [4.69, 9.17) is 4.74 Å². The number of methoxy groups -OCH3 is 1. The molecule has 0 N–H and O–H groups in total. The molecule has 0 radical (unpaired) electrons. The summed E-state index contributed by atoms with van der Waals surface area (Å²) in [7, 11) is 1.58. The Bertz CT molecular complexity index is 1120. The maximum atomic E-state index is 12.9. The molecule has 4 rings (SSSR count). The Morgan fingerprint density at radius 1 is 1.07 bits per heavy atom. The molecule has 0 saturated carbocycles. The minimum atomic E-state index is -0.287. The maximum Gasteiger partial charge on any atom is 0.293 e. The van der Waals surface area contributed by atoms with E-state index in [0.717, 1.165) is 38.1 Å². The van der Waals surface area contributed by atoms with Crippen molar-refractivity contribution < 1.29 is 14.3 Å². The van der Waals surface area contributed by atoms with Gasteiger partial charge in [0.05, 0.1) is 18.6 Å². The van der Waals surface area contributed by atoms with Gasteiger partial charge >= 0.3 is 0 Å². The fraction of sp³-hybridized carbons (Fsp3) is 0.0909. The van der Waals surface area contributed by atoms with Crippen LogP contribution in [0.2, 0.25) is 0 Å². The van der Waals surface area contributed by atoms with Crippen molar-refractivity contribution in [3.05, 3.63) is 81.2 Å². The Kier molecular flexibility index (Phi) is 5.24. The van der Waals surface area contributed by atoms with Gasteiger partial charge in [-0.05, 0) is 52.4 Å². The number of imide groups is 1. The topological polar surface area (TPSA) is 46.6 Å². The molecule has 3 aromatic carbocycles. The standard InChI is InChI=1S/C22H16BrNO3S/c1-27-19-10-9-17(23)11-16(19)12-20-21(25)24(22(26)28-20)13-15-7-4-6-14-5-2-3-8-18(14)15/h2-12H,13H2,1H3/b20-12+. The fourth-order valence-electron chi connectivity index (χ4n) is 3.20. The van der Waals surface area contributed by atoms with Gasteiger partial charge in [0.25, 0.3) is 11.1 Å². The molecule has 1 heterocycles. The predicted octanol–water partition coefficient (Wildman–Crippen LogP) is 5.85. The molecule has 1 saturated heterocycles. The number of hydrogen-bond donors (Lipinski definition) is 0. The number of rotatable bonds is 4. The van der Waals surface area contributed by atoms with Gasteiger partial charge in [0.1, 0.15) is 5.75 Å². The average molecular weight is 454 g/mol. The molecule has 1 fully saturated rings. The summed E-state index contributed by atoms with van der Waals surface area (Å²) in [4.78, 5) is 27.1. The van der Waals surface area contributed by atoms with Crippen LogP contribution in [0.25, 0.3) is 16.8 Å². The molecule has 3 aromatic rings. The Hall–Kier alpha value is -2.57. The van der Waals surface area contributed by atoms with Gasteiger partial charge in [0.2, 0.25) is 0 Å². The van der Waals surface area contributed by atoms with Crippen LogP contribution in [-0.4, -0.2) is 23.2 Å². The number of fused-ring (bicyclic) bond motifs is 1. The molecular formula is C22H16BrNO3S. The van der Waals surface area contributed by atoms with Gasteiger partial charge in [-0.25, -0.2) is 0 Å². The highest BCUT2D eigenvalue weighted by Gasteiger charge is 2.35. The SMILES string of the molecule is COc1ccc(Br)cc1/C=C1/SC(=O)N(Cc2cccc3ccccc23)C1=O. The highest BCUT2D eigenvalue weighted by molar-refractivity contribution is 9.10. The molecule has 0 aromatic heterocycles. The van der Waals surface area contributed by atoms with Gasteiger partial charge < -0.3 is 4.74 Å². The average Bonchev–Trinajstić information content (AvgIpc) is 2.96. The van der Waals surface area contributed by atoms with E-state index in [2.05, 4.69) is 15.9 Å². The Morgan fingerprint density at radius 2 is 1.86 bits per heavy atom. The minimum absolute atomic E-state index is 0.249. The summed E-state index contributed by atoms with van der Waals surface area (Å²) in [6, 6.07) is 19.4. The van der Waals surface area contributed by atoms with Crippen molar-refractivity contribution in [3.63, 3.8) is 0 Å². The van der Waals surface area contributed by atoms with E-state index in [0.29, 0.717) is 10.7 Å². The van der Waals surface area contributed by atoms with Crippen LogP contribution in [0.5, 0.6) is 5.75 Å². The van der Waals surface area contributed by atoms with E-state index in [9.17, 15) is 9.59 Å². The summed E-state index contributed by atoms with van der Waals surface area (Å²) >= 11 is 4.38. The van der Waals surface area contributed by atoms with Crippen molar-refractivity contribution >= 4 is 55.7 Å². The van der Waals surface area contributed by atoms with Crippen LogP contribution in [0, 0.1) is 0 Å². The smallest absolute Gasteiger partial charge is 0.293 e. The molecule has 0 bridgehead atoms. The van der Waals surface area contributed by atoms with E-state index in [1.807, 2.05) is 60.7 Å². The van der Waals surface area contributed by atoms with Crippen LogP contribution >= 0.6 is 27.7 Å². The minimum Gasteiger partial charge on any atom is -0.496 e. The molecule has 0 aliphatic carbocycles. The van der Waals surface area contributed by atoms with Crippen LogP contribution < -0.4 is 4.74 Å². The first-order chi connectivity index (χ1) is 13.6. The van der Waals surface area contributed by atoms with E-state index < -0.39 is 0 Å². The van der Waals surface area contributed by atoms with E-state index >= 15 is 0 Å². The lowest BCUT2D eigenvalue weighted by Crippen LogP contribution is -2.27. The fourth-order valence-corrected chi connectivity index (χ4v) is 4.40. The summed E-state index contributed by atoms with van der Waals surface area (Å²) in [6.45, 7) is 0.249. The van der Waals surface area contributed by atoms with Crippen LogP contribution in [0.1, 0.15) is 11.1 Å². The van der Waals surface area contributed by atoms with Crippen molar-refractivity contribution in [2.24, 2.45) is 0 Å². The number of hydrogen-bond acceptors (Lipinski definition) is 4. The summed E-state index contributed by atoms with van der Waals surface area (Å²) in [5.74, 6) is 0.356. The van der Waals surface area contributed by atoms with Crippen molar-refractivity contribution in [1.82, 2.24) is 4.90 Å². The molecule has 0 spiro atoms. The zero-order chi connectivity index (χ0) is 19.7. The molecule has 0 atom stereocenters. The number of amides is 2.